The van der Waals surface area contributed by atoms with Crippen LogP contribution in [0.1, 0.15) is 32.3 Å². The number of halogens is 2. The van der Waals surface area contributed by atoms with Crippen LogP contribution in [0.5, 0.6) is 0 Å². The van der Waals surface area contributed by atoms with E-state index in [0.29, 0.717) is 41.5 Å². The molecule has 1 aliphatic rings. The molecule has 1 heterocycles. The highest BCUT2D eigenvalue weighted by Gasteiger charge is 2.31. The summed E-state index contributed by atoms with van der Waals surface area (Å²) in [6, 6.07) is 4.88. The average molecular weight is 393 g/mol. The van der Waals surface area contributed by atoms with E-state index >= 15 is 0 Å². The van der Waals surface area contributed by atoms with Crippen LogP contribution < -0.4 is 5.32 Å². The molecule has 1 aliphatic heterocycles. The molecule has 0 spiro atoms. The molecule has 0 saturated carbocycles. The number of carbonyl (C=O) groups excluding carboxylic acids is 1. The molecule has 0 radical (unpaired) electrons. The summed E-state index contributed by atoms with van der Waals surface area (Å²) >= 11 is 11.9. The van der Waals surface area contributed by atoms with Gasteiger partial charge in [-0.1, -0.05) is 29.3 Å². The van der Waals surface area contributed by atoms with Gasteiger partial charge in [-0.25, -0.2) is 12.7 Å². The topological polar surface area (TPSA) is 66.5 Å². The molecule has 1 saturated heterocycles. The van der Waals surface area contributed by atoms with Crippen molar-refractivity contribution in [2.24, 2.45) is 5.92 Å². The maximum Gasteiger partial charge on any atom is 0.223 e. The Morgan fingerprint density at radius 3 is 2.46 bits per heavy atom. The molecule has 24 heavy (non-hydrogen) atoms. The molecule has 0 atom stereocenters. The quantitative estimate of drug-likeness (QED) is 0.836. The second-order valence-electron chi connectivity index (χ2n) is 6.33. The van der Waals surface area contributed by atoms with Crippen molar-refractivity contribution in [3.63, 3.8) is 0 Å². The van der Waals surface area contributed by atoms with Crippen LogP contribution in [-0.2, 0) is 20.6 Å². The average Bonchev–Trinajstić information content (AvgIpc) is 2.49. The fourth-order valence-electron chi connectivity index (χ4n) is 2.73. The first kappa shape index (κ1) is 19.5. The Kier molecular flexibility index (Phi) is 6.53. The molecule has 1 amide bonds. The van der Waals surface area contributed by atoms with E-state index in [2.05, 4.69) is 5.32 Å². The van der Waals surface area contributed by atoms with E-state index in [1.54, 1.807) is 12.1 Å². The van der Waals surface area contributed by atoms with Gasteiger partial charge in [0.2, 0.25) is 15.9 Å². The van der Waals surface area contributed by atoms with Gasteiger partial charge in [0, 0.05) is 35.1 Å². The number of hydrogen-bond acceptors (Lipinski definition) is 3. The predicted octanol–water partition coefficient (Wildman–Crippen LogP) is 3.06. The molecule has 0 aliphatic carbocycles. The minimum Gasteiger partial charge on any atom is -0.354 e. The maximum atomic E-state index is 12.6. The van der Waals surface area contributed by atoms with E-state index in [0.717, 1.165) is 0 Å². The number of benzene rings is 1. The van der Waals surface area contributed by atoms with Gasteiger partial charge in [-0.2, -0.15) is 0 Å². The van der Waals surface area contributed by atoms with Crippen molar-refractivity contribution in [1.29, 1.82) is 0 Å². The fourth-order valence-corrected chi connectivity index (χ4v) is 4.87. The summed E-state index contributed by atoms with van der Waals surface area (Å²) in [5, 5.41) is 3.70. The molecule has 0 unspecified atom stereocenters. The zero-order chi connectivity index (χ0) is 17.9. The van der Waals surface area contributed by atoms with E-state index in [-0.39, 0.29) is 23.6 Å². The Morgan fingerprint density at radius 1 is 1.29 bits per heavy atom. The fraction of sp³-hybridized carbons (Fsp3) is 0.562. The zero-order valence-electron chi connectivity index (χ0n) is 13.8. The SMILES string of the molecule is CC(C)NC(=O)C1CCN(S(=O)(=O)Cc2ccc(Cl)cc2Cl)CC1. The number of nitrogens with zero attached hydrogens (tertiary/aromatic N) is 1. The summed E-state index contributed by atoms with van der Waals surface area (Å²) in [6.45, 7) is 4.52. The van der Waals surface area contributed by atoms with Crippen LogP contribution in [-0.4, -0.2) is 37.8 Å². The largest absolute Gasteiger partial charge is 0.354 e. The molecule has 1 fully saturated rings. The van der Waals surface area contributed by atoms with Gasteiger partial charge in [0.15, 0.2) is 0 Å². The summed E-state index contributed by atoms with van der Waals surface area (Å²) in [5.74, 6) is -0.285. The first-order valence-corrected chi connectivity index (χ1v) is 10.3. The van der Waals surface area contributed by atoms with Crippen molar-refractivity contribution in [2.75, 3.05) is 13.1 Å². The molecule has 8 heteroatoms. The van der Waals surface area contributed by atoms with Gasteiger partial charge >= 0.3 is 0 Å². The number of amides is 1. The third-order valence-electron chi connectivity index (χ3n) is 4.00. The van der Waals surface area contributed by atoms with Crippen LogP contribution in [0.15, 0.2) is 18.2 Å². The normalized spacial score (nSPS) is 17.2. The smallest absolute Gasteiger partial charge is 0.223 e. The number of sulfonamides is 1. The van der Waals surface area contributed by atoms with Crippen molar-refractivity contribution in [3.8, 4) is 0 Å². The maximum absolute atomic E-state index is 12.6. The molecule has 1 N–H and O–H groups in total. The third-order valence-corrected chi connectivity index (χ3v) is 6.42. The van der Waals surface area contributed by atoms with Crippen LogP contribution in [0.25, 0.3) is 0 Å². The van der Waals surface area contributed by atoms with E-state index in [4.69, 9.17) is 23.2 Å². The van der Waals surface area contributed by atoms with Gasteiger partial charge in [-0.15, -0.1) is 0 Å². The van der Waals surface area contributed by atoms with Gasteiger partial charge in [-0.05, 0) is 44.4 Å². The van der Waals surface area contributed by atoms with Crippen molar-refractivity contribution < 1.29 is 13.2 Å². The number of hydrogen-bond donors (Lipinski definition) is 1. The lowest BCUT2D eigenvalue weighted by Gasteiger charge is -2.31. The second kappa shape index (κ2) is 8.04. The Labute approximate surface area is 153 Å². The van der Waals surface area contributed by atoms with Crippen LogP contribution in [0.4, 0.5) is 0 Å². The number of carbonyl (C=O) groups is 1. The molecule has 134 valence electrons. The third kappa shape index (κ3) is 5.09. The summed E-state index contributed by atoms with van der Waals surface area (Å²) in [7, 11) is -3.47. The summed E-state index contributed by atoms with van der Waals surface area (Å²) in [5.41, 5.74) is 0.528. The van der Waals surface area contributed by atoms with Crippen LogP contribution in [0, 0.1) is 5.92 Å². The van der Waals surface area contributed by atoms with E-state index in [1.807, 2.05) is 13.8 Å². The molecule has 1 aromatic carbocycles. The van der Waals surface area contributed by atoms with E-state index in [9.17, 15) is 13.2 Å². The molecular weight excluding hydrogens is 371 g/mol. The molecular formula is C16H22Cl2N2O3S. The number of rotatable bonds is 5. The zero-order valence-corrected chi connectivity index (χ0v) is 16.1. The Bertz CT molecular complexity index is 699. The van der Waals surface area contributed by atoms with Crippen LogP contribution in [0.2, 0.25) is 10.0 Å². The first-order chi connectivity index (χ1) is 11.2. The van der Waals surface area contributed by atoms with Crippen molar-refractivity contribution >= 4 is 39.1 Å². The Morgan fingerprint density at radius 2 is 1.92 bits per heavy atom. The van der Waals surface area contributed by atoms with Gasteiger partial charge in [0.25, 0.3) is 0 Å². The predicted molar refractivity (Wildman–Crippen MR) is 96.7 cm³/mol. The van der Waals surface area contributed by atoms with Gasteiger partial charge in [0.1, 0.15) is 0 Å². The van der Waals surface area contributed by atoms with Crippen molar-refractivity contribution in [1.82, 2.24) is 9.62 Å². The van der Waals surface area contributed by atoms with E-state index < -0.39 is 10.0 Å². The molecule has 2 rings (SSSR count). The molecule has 0 aromatic heterocycles. The number of nitrogens with one attached hydrogen (secondary N) is 1. The summed E-state index contributed by atoms with van der Waals surface area (Å²) in [4.78, 5) is 12.0. The lowest BCUT2D eigenvalue weighted by atomic mass is 9.97. The minimum atomic E-state index is -3.47. The van der Waals surface area contributed by atoms with Crippen molar-refractivity contribution in [3.05, 3.63) is 33.8 Å². The summed E-state index contributed by atoms with van der Waals surface area (Å²) < 4.78 is 26.6. The molecule has 1 aromatic rings. The van der Waals surface area contributed by atoms with Gasteiger partial charge in [-0.3, -0.25) is 4.79 Å². The Balaban J connectivity index is 1.98. The summed E-state index contributed by atoms with van der Waals surface area (Å²) in [6.07, 6.45) is 1.07. The van der Waals surface area contributed by atoms with Crippen LogP contribution >= 0.6 is 23.2 Å². The van der Waals surface area contributed by atoms with Gasteiger partial charge in [0.05, 0.1) is 5.75 Å². The highest BCUT2D eigenvalue weighted by Crippen LogP contribution is 2.26. The monoisotopic (exact) mass is 392 g/mol. The molecule has 5 nitrogen and oxygen atoms in total. The first-order valence-electron chi connectivity index (χ1n) is 7.91. The highest BCUT2D eigenvalue weighted by molar-refractivity contribution is 7.88. The van der Waals surface area contributed by atoms with Gasteiger partial charge < -0.3 is 5.32 Å². The lowest BCUT2D eigenvalue weighted by molar-refractivity contribution is -0.126. The molecule has 0 bridgehead atoms. The van der Waals surface area contributed by atoms with E-state index in [1.165, 1.54) is 10.4 Å². The highest BCUT2D eigenvalue weighted by atomic mass is 35.5. The van der Waals surface area contributed by atoms with Crippen molar-refractivity contribution in [2.45, 2.75) is 38.5 Å². The number of piperidine rings is 1. The minimum absolute atomic E-state index is 0.00259. The lowest BCUT2D eigenvalue weighted by Crippen LogP contribution is -2.44. The van der Waals surface area contributed by atoms with Crippen LogP contribution in [0.3, 0.4) is 0 Å². The Hall–Kier alpha value is -0.820. The second-order valence-corrected chi connectivity index (χ2v) is 9.14. The standard InChI is InChI=1S/C16H22Cl2N2O3S/c1-11(2)19-16(21)12-5-7-20(8-6-12)24(22,23)10-13-3-4-14(17)9-15(13)18/h3-4,9,11-12H,5-8,10H2,1-2H3,(H,19,21).